The maximum Gasteiger partial charge on any atom is 0.227 e. The number of nitrogens with zero attached hydrogens (tertiary/aromatic N) is 3. The lowest BCUT2D eigenvalue weighted by molar-refractivity contribution is -0.117. The quantitative estimate of drug-likeness (QED) is 0.710. The lowest BCUT2D eigenvalue weighted by Crippen LogP contribution is -2.24. The van der Waals surface area contributed by atoms with Crippen LogP contribution in [0.3, 0.4) is 0 Å². The molecule has 1 aliphatic rings. The fraction of sp³-hybridized carbons (Fsp3) is 0.333. The molecule has 1 aromatic heterocycles. The molecule has 2 heterocycles. The van der Waals surface area contributed by atoms with Crippen molar-refractivity contribution in [2.45, 2.75) is 39.2 Å². The monoisotopic (exact) mass is 333 g/mol. The second-order valence-corrected chi connectivity index (χ2v) is 7.17. The highest BCUT2D eigenvalue weighted by Gasteiger charge is 2.35. The molecule has 0 spiro atoms. The van der Waals surface area contributed by atoms with Gasteiger partial charge >= 0.3 is 0 Å². The largest absolute Gasteiger partial charge is 0.325 e. The van der Waals surface area contributed by atoms with Gasteiger partial charge in [-0.2, -0.15) is 0 Å². The number of fused-ring (bicyclic) bond motifs is 1. The van der Waals surface area contributed by atoms with Gasteiger partial charge in [-0.15, -0.1) is 0 Å². The Bertz CT molecular complexity index is 941. The van der Waals surface area contributed by atoms with Gasteiger partial charge in [-0.25, -0.2) is 4.98 Å². The molecule has 1 fully saturated rings. The zero-order valence-corrected chi connectivity index (χ0v) is 14.9. The summed E-state index contributed by atoms with van der Waals surface area (Å²) in [7, 11) is 0. The van der Waals surface area contributed by atoms with Crippen LogP contribution in [-0.2, 0) is 4.79 Å². The molecule has 3 aromatic rings. The number of rotatable bonds is 3. The van der Waals surface area contributed by atoms with E-state index in [0.29, 0.717) is 19.0 Å². The Morgan fingerprint density at radius 1 is 1.12 bits per heavy atom. The summed E-state index contributed by atoms with van der Waals surface area (Å²) in [6.07, 6.45) is 0.518. The molecule has 0 aliphatic carbocycles. The lowest BCUT2D eigenvalue weighted by Gasteiger charge is -2.19. The minimum atomic E-state index is 0.128. The van der Waals surface area contributed by atoms with Crippen LogP contribution in [0.25, 0.3) is 11.0 Å². The Hall–Kier alpha value is -2.62. The highest BCUT2D eigenvalue weighted by Crippen LogP contribution is 2.34. The van der Waals surface area contributed by atoms with Crippen molar-refractivity contribution in [3.05, 3.63) is 59.9 Å². The highest BCUT2D eigenvalue weighted by atomic mass is 16.2. The lowest BCUT2D eigenvalue weighted by atomic mass is 10.1. The predicted octanol–water partition coefficient (Wildman–Crippen LogP) is 4.45. The van der Waals surface area contributed by atoms with Gasteiger partial charge in [0.1, 0.15) is 5.82 Å². The number of carbonyl (C=O) groups is 1. The molecule has 128 valence electrons. The molecule has 25 heavy (non-hydrogen) atoms. The van der Waals surface area contributed by atoms with Crippen LogP contribution >= 0.6 is 0 Å². The van der Waals surface area contributed by atoms with Crippen molar-refractivity contribution in [2.75, 3.05) is 11.4 Å². The first-order valence-corrected chi connectivity index (χ1v) is 8.88. The number of anilines is 1. The predicted molar refractivity (Wildman–Crippen MR) is 101 cm³/mol. The first-order valence-electron chi connectivity index (χ1n) is 8.88. The molecule has 1 saturated heterocycles. The van der Waals surface area contributed by atoms with Crippen molar-refractivity contribution in [1.82, 2.24) is 9.55 Å². The third kappa shape index (κ3) is 2.72. The first kappa shape index (κ1) is 15.9. The minimum Gasteiger partial charge on any atom is -0.325 e. The van der Waals surface area contributed by atoms with E-state index < -0.39 is 0 Å². The van der Waals surface area contributed by atoms with Crippen molar-refractivity contribution < 1.29 is 4.79 Å². The van der Waals surface area contributed by atoms with Crippen LogP contribution in [-0.4, -0.2) is 22.0 Å². The van der Waals surface area contributed by atoms with Gasteiger partial charge in [0.25, 0.3) is 0 Å². The second-order valence-electron chi connectivity index (χ2n) is 7.17. The molecule has 4 rings (SSSR count). The summed E-state index contributed by atoms with van der Waals surface area (Å²) >= 11 is 0. The van der Waals surface area contributed by atoms with E-state index in [1.54, 1.807) is 0 Å². The summed E-state index contributed by atoms with van der Waals surface area (Å²) in [5, 5.41) is 0. The zero-order chi connectivity index (χ0) is 17.6. The van der Waals surface area contributed by atoms with Crippen LogP contribution in [0.4, 0.5) is 5.69 Å². The standard InChI is InChI=1S/C21H23N3O/c1-14(2)24-19-10-5-4-9-18(19)22-21(24)16-12-20(25)23(13-16)17-8-6-7-15(3)11-17/h4-11,14,16H,12-13H2,1-3H3. The topological polar surface area (TPSA) is 38.1 Å². The van der Waals surface area contributed by atoms with Crippen LogP contribution in [0.15, 0.2) is 48.5 Å². The van der Waals surface area contributed by atoms with E-state index in [2.05, 4.69) is 43.5 Å². The fourth-order valence-corrected chi connectivity index (χ4v) is 3.82. The van der Waals surface area contributed by atoms with Crippen molar-refractivity contribution in [2.24, 2.45) is 0 Å². The Balaban J connectivity index is 1.73. The number of aryl methyl sites for hydroxylation is 1. The van der Waals surface area contributed by atoms with Crippen LogP contribution < -0.4 is 4.90 Å². The Morgan fingerprint density at radius 3 is 2.68 bits per heavy atom. The molecule has 0 radical (unpaired) electrons. The average Bonchev–Trinajstić information content (AvgIpc) is 3.15. The van der Waals surface area contributed by atoms with E-state index in [-0.39, 0.29) is 11.8 Å². The first-order chi connectivity index (χ1) is 12.0. The SMILES string of the molecule is Cc1cccc(N2CC(c3nc4ccccc4n3C(C)C)CC2=O)c1. The molecule has 0 saturated carbocycles. The van der Waals surface area contributed by atoms with E-state index in [4.69, 9.17) is 4.98 Å². The fourth-order valence-electron chi connectivity index (χ4n) is 3.82. The second kappa shape index (κ2) is 6.03. The summed E-state index contributed by atoms with van der Waals surface area (Å²) in [6, 6.07) is 16.7. The van der Waals surface area contributed by atoms with Gasteiger partial charge < -0.3 is 9.47 Å². The Kier molecular flexibility index (Phi) is 3.83. The summed E-state index contributed by atoms with van der Waals surface area (Å²) in [5.74, 6) is 1.33. The Morgan fingerprint density at radius 2 is 1.92 bits per heavy atom. The molecule has 2 aromatic carbocycles. The molecular weight excluding hydrogens is 310 g/mol. The summed E-state index contributed by atoms with van der Waals surface area (Å²) < 4.78 is 2.28. The van der Waals surface area contributed by atoms with Gasteiger partial charge in [-0.1, -0.05) is 24.3 Å². The van der Waals surface area contributed by atoms with E-state index >= 15 is 0 Å². The van der Waals surface area contributed by atoms with Gasteiger partial charge in [0.15, 0.2) is 0 Å². The van der Waals surface area contributed by atoms with E-state index in [1.165, 1.54) is 5.56 Å². The Labute approximate surface area is 148 Å². The third-order valence-corrected chi connectivity index (χ3v) is 4.94. The molecule has 4 heteroatoms. The van der Waals surface area contributed by atoms with Crippen molar-refractivity contribution in [3.63, 3.8) is 0 Å². The third-order valence-electron chi connectivity index (χ3n) is 4.94. The summed E-state index contributed by atoms with van der Waals surface area (Å²) in [4.78, 5) is 19.4. The zero-order valence-electron chi connectivity index (χ0n) is 14.9. The molecule has 0 bridgehead atoms. The molecule has 0 N–H and O–H groups in total. The van der Waals surface area contributed by atoms with Gasteiger partial charge in [-0.3, -0.25) is 4.79 Å². The van der Waals surface area contributed by atoms with Crippen LogP contribution in [0, 0.1) is 6.92 Å². The number of imidazole rings is 1. The van der Waals surface area contributed by atoms with Gasteiger partial charge in [-0.05, 0) is 50.6 Å². The average molecular weight is 333 g/mol. The number of hydrogen-bond acceptors (Lipinski definition) is 2. The molecule has 1 aliphatic heterocycles. The number of amides is 1. The van der Waals surface area contributed by atoms with E-state index in [9.17, 15) is 4.79 Å². The number of aromatic nitrogens is 2. The van der Waals surface area contributed by atoms with Gasteiger partial charge in [0, 0.05) is 30.6 Å². The van der Waals surface area contributed by atoms with Gasteiger partial charge in [0.05, 0.1) is 11.0 Å². The normalized spacial score (nSPS) is 17.8. The van der Waals surface area contributed by atoms with E-state index in [0.717, 1.165) is 22.5 Å². The van der Waals surface area contributed by atoms with Crippen LogP contribution in [0.5, 0.6) is 0 Å². The molecular formula is C21H23N3O. The molecule has 1 atom stereocenters. The smallest absolute Gasteiger partial charge is 0.227 e. The molecule has 1 amide bonds. The summed E-state index contributed by atoms with van der Waals surface area (Å²) in [6.45, 7) is 7.09. The van der Waals surface area contributed by atoms with E-state index in [1.807, 2.05) is 35.2 Å². The highest BCUT2D eigenvalue weighted by molar-refractivity contribution is 5.96. The van der Waals surface area contributed by atoms with Crippen LogP contribution in [0.1, 0.15) is 43.6 Å². The molecule has 4 nitrogen and oxygen atoms in total. The minimum absolute atomic E-state index is 0.128. The van der Waals surface area contributed by atoms with Crippen molar-refractivity contribution in [1.29, 1.82) is 0 Å². The number of para-hydroxylation sites is 2. The number of carbonyl (C=O) groups excluding carboxylic acids is 1. The number of benzene rings is 2. The number of hydrogen-bond donors (Lipinski definition) is 0. The molecule has 1 unspecified atom stereocenters. The summed E-state index contributed by atoms with van der Waals surface area (Å²) in [5.41, 5.74) is 4.31. The maximum atomic E-state index is 12.7. The van der Waals surface area contributed by atoms with Crippen LogP contribution in [0.2, 0.25) is 0 Å². The van der Waals surface area contributed by atoms with Crippen molar-refractivity contribution in [3.8, 4) is 0 Å². The van der Waals surface area contributed by atoms with Gasteiger partial charge in [0.2, 0.25) is 5.91 Å². The van der Waals surface area contributed by atoms with Crippen molar-refractivity contribution >= 4 is 22.6 Å². The maximum absolute atomic E-state index is 12.7.